The summed E-state index contributed by atoms with van der Waals surface area (Å²) < 4.78 is 17.1. The normalized spacial score (nSPS) is 12.3. The van der Waals surface area contributed by atoms with Crippen LogP contribution in [0.15, 0.2) is 24.3 Å². The van der Waals surface area contributed by atoms with E-state index in [1.54, 1.807) is 0 Å². The first-order valence-corrected chi connectivity index (χ1v) is 20.9. The quantitative estimate of drug-likeness (QED) is 0.0370. The van der Waals surface area contributed by atoms with Crippen molar-refractivity contribution < 1.29 is 23.8 Å². The molecule has 5 heteroatoms. The summed E-state index contributed by atoms with van der Waals surface area (Å²) in [6, 6.07) is 0. The van der Waals surface area contributed by atoms with E-state index in [-0.39, 0.29) is 25.2 Å². The van der Waals surface area contributed by atoms with Crippen LogP contribution in [-0.2, 0) is 23.8 Å². The maximum absolute atomic E-state index is 12.5. The SMILES string of the molecule is CCCCC/C=C\C/C=C\CCCCCCCCCCCCOCC(COC(=O)CCCCCCCCC)OC(=O)CCCCCCC. The van der Waals surface area contributed by atoms with Gasteiger partial charge in [-0.2, -0.15) is 0 Å². The van der Waals surface area contributed by atoms with Crippen molar-refractivity contribution in [1.29, 1.82) is 0 Å². The zero-order chi connectivity index (χ0) is 35.0. The number of ether oxygens (including phenoxy) is 3. The number of esters is 2. The molecule has 48 heavy (non-hydrogen) atoms. The van der Waals surface area contributed by atoms with Crippen LogP contribution in [0.3, 0.4) is 0 Å². The Bertz CT molecular complexity index is 731. The van der Waals surface area contributed by atoms with Crippen molar-refractivity contribution in [1.82, 2.24) is 0 Å². The molecule has 282 valence electrons. The van der Waals surface area contributed by atoms with Crippen LogP contribution in [0.5, 0.6) is 0 Å². The first kappa shape index (κ1) is 46.4. The van der Waals surface area contributed by atoms with Gasteiger partial charge in [-0.25, -0.2) is 0 Å². The fourth-order valence-electron chi connectivity index (χ4n) is 5.83. The van der Waals surface area contributed by atoms with Gasteiger partial charge in [0.25, 0.3) is 0 Å². The lowest BCUT2D eigenvalue weighted by Gasteiger charge is -2.18. The third-order valence-electron chi connectivity index (χ3n) is 8.99. The van der Waals surface area contributed by atoms with E-state index in [1.807, 2.05) is 0 Å². The summed E-state index contributed by atoms with van der Waals surface area (Å²) in [6.45, 7) is 7.70. The number of carbonyl (C=O) groups is 2. The molecule has 0 aromatic heterocycles. The average molecular weight is 677 g/mol. The maximum atomic E-state index is 12.5. The molecule has 0 N–H and O–H groups in total. The van der Waals surface area contributed by atoms with Crippen LogP contribution in [-0.4, -0.2) is 37.9 Å². The van der Waals surface area contributed by atoms with Gasteiger partial charge in [0, 0.05) is 19.4 Å². The summed E-state index contributed by atoms with van der Waals surface area (Å²) in [4.78, 5) is 24.8. The number of rotatable bonds is 38. The second kappa shape index (κ2) is 39.8. The van der Waals surface area contributed by atoms with Crippen molar-refractivity contribution in [3.8, 4) is 0 Å². The number of carbonyl (C=O) groups excluding carboxylic acids is 2. The van der Waals surface area contributed by atoms with Crippen molar-refractivity contribution >= 4 is 11.9 Å². The van der Waals surface area contributed by atoms with Crippen LogP contribution in [0.4, 0.5) is 0 Å². The molecule has 0 aliphatic heterocycles. The van der Waals surface area contributed by atoms with E-state index in [1.165, 1.54) is 128 Å². The molecule has 0 saturated carbocycles. The second-order valence-corrected chi connectivity index (χ2v) is 13.9. The van der Waals surface area contributed by atoms with Crippen molar-refractivity contribution in [3.05, 3.63) is 24.3 Å². The van der Waals surface area contributed by atoms with Gasteiger partial charge in [-0.3, -0.25) is 9.59 Å². The first-order chi connectivity index (χ1) is 23.6. The highest BCUT2D eigenvalue weighted by Crippen LogP contribution is 2.13. The predicted octanol–water partition coefficient (Wildman–Crippen LogP) is 13.3. The number of allylic oxidation sites excluding steroid dienone is 4. The molecule has 5 nitrogen and oxygen atoms in total. The highest BCUT2D eigenvalue weighted by Gasteiger charge is 2.17. The standard InChI is InChI=1S/C43H80O5/c1-4-7-10-13-15-16-17-18-19-20-21-22-23-24-25-26-27-29-32-35-38-46-39-41(48-43(45)37-34-30-12-9-6-3)40-47-42(44)36-33-31-28-14-11-8-5-2/h15-16,18-19,41H,4-14,17,20-40H2,1-3H3/b16-15-,19-18-. The van der Waals surface area contributed by atoms with Gasteiger partial charge in [-0.15, -0.1) is 0 Å². The van der Waals surface area contributed by atoms with Crippen molar-refractivity contribution in [2.75, 3.05) is 19.8 Å². The van der Waals surface area contributed by atoms with Crippen LogP contribution >= 0.6 is 0 Å². The molecule has 1 atom stereocenters. The number of hydrogen-bond acceptors (Lipinski definition) is 5. The van der Waals surface area contributed by atoms with E-state index in [0.29, 0.717) is 19.4 Å². The van der Waals surface area contributed by atoms with Gasteiger partial charge in [-0.05, 0) is 51.4 Å². The molecule has 0 aromatic carbocycles. The van der Waals surface area contributed by atoms with Crippen molar-refractivity contribution in [2.24, 2.45) is 0 Å². The van der Waals surface area contributed by atoms with Gasteiger partial charge >= 0.3 is 11.9 Å². The minimum atomic E-state index is -0.524. The monoisotopic (exact) mass is 677 g/mol. The minimum Gasteiger partial charge on any atom is -0.462 e. The largest absolute Gasteiger partial charge is 0.462 e. The highest BCUT2D eigenvalue weighted by molar-refractivity contribution is 5.70. The molecule has 0 fully saturated rings. The van der Waals surface area contributed by atoms with E-state index in [4.69, 9.17) is 14.2 Å². The lowest BCUT2D eigenvalue weighted by Crippen LogP contribution is -2.30. The lowest BCUT2D eigenvalue weighted by atomic mass is 10.1. The van der Waals surface area contributed by atoms with Gasteiger partial charge in [0.15, 0.2) is 6.10 Å². The summed E-state index contributed by atoms with van der Waals surface area (Å²) in [5, 5.41) is 0. The summed E-state index contributed by atoms with van der Waals surface area (Å²) >= 11 is 0. The van der Waals surface area contributed by atoms with Gasteiger partial charge in [0.2, 0.25) is 0 Å². The van der Waals surface area contributed by atoms with Gasteiger partial charge in [0.05, 0.1) is 6.61 Å². The predicted molar refractivity (Wildman–Crippen MR) is 205 cm³/mol. The van der Waals surface area contributed by atoms with Gasteiger partial charge in [-0.1, -0.05) is 173 Å². The zero-order valence-electron chi connectivity index (χ0n) is 32.3. The molecule has 0 amide bonds. The second-order valence-electron chi connectivity index (χ2n) is 13.9. The Morgan fingerprint density at radius 2 is 0.875 bits per heavy atom. The Balaban J connectivity index is 3.95. The molecule has 0 heterocycles. The van der Waals surface area contributed by atoms with Gasteiger partial charge in [0.1, 0.15) is 6.61 Å². The minimum absolute atomic E-state index is 0.0878. The van der Waals surface area contributed by atoms with E-state index in [0.717, 1.165) is 51.4 Å². The van der Waals surface area contributed by atoms with Crippen molar-refractivity contribution in [2.45, 2.75) is 219 Å². The molecule has 0 aliphatic carbocycles. The van der Waals surface area contributed by atoms with E-state index < -0.39 is 6.10 Å². The Morgan fingerprint density at radius 3 is 1.42 bits per heavy atom. The zero-order valence-corrected chi connectivity index (χ0v) is 32.3. The molecule has 0 saturated heterocycles. The molecular formula is C43H80O5. The van der Waals surface area contributed by atoms with Crippen molar-refractivity contribution in [3.63, 3.8) is 0 Å². The summed E-state index contributed by atoms with van der Waals surface area (Å²) in [7, 11) is 0. The van der Waals surface area contributed by atoms with E-state index in [9.17, 15) is 9.59 Å². The lowest BCUT2D eigenvalue weighted by molar-refractivity contribution is -0.163. The fraction of sp³-hybridized carbons (Fsp3) is 0.860. The van der Waals surface area contributed by atoms with Crippen LogP contribution in [0.2, 0.25) is 0 Å². The van der Waals surface area contributed by atoms with E-state index in [2.05, 4.69) is 45.1 Å². The summed E-state index contributed by atoms with van der Waals surface area (Å²) in [5.41, 5.74) is 0. The third kappa shape index (κ3) is 37.2. The topological polar surface area (TPSA) is 61.8 Å². The third-order valence-corrected chi connectivity index (χ3v) is 8.99. The number of hydrogen-bond donors (Lipinski definition) is 0. The van der Waals surface area contributed by atoms with Crippen LogP contribution in [0.1, 0.15) is 213 Å². The Kier molecular flexibility index (Phi) is 38.5. The number of unbranched alkanes of at least 4 members (excludes halogenated alkanes) is 23. The fourth-order valence-corrected chi connectivity index (χ4v) is 5.83. The van der Waals surface area contributed by atoms with Crippen LogP contribution < -0.4 is 0 Å². The molecule has 0 bridgehead atoms. The summed E-state index contributed by atoms with van der Waals surface area (Å²) in [6.07, 6.45) is 43.5. The van der Waals surface area contributed by atoms with Gasteiger partial charge < -0.3 is 14.2 Å². The molecule has 0 spiro atoms. The first-order valence-electron chi connectivity index (χ1n) is 20.9. The molecule has 0 aromatic rings. The average Bonchev–Trinajstić information content (AvgIpc) is 3.08. The molecule has 0 radical (unpaired) electrons. The molecular weight excluding hydrogens is 596 g/mol. The molecule has 0 aliphatic rings. The van der Waals surface area contributed by atoms with Crippen LogP contribution in [0.25, 0.3) is 0 Å². The maximum Gasteiger partial charge on any atom is 0.306 e. The van der Waals surface area contributed by atoms with Crippen LogP contribution in [0, 0.1) is 0 Å². The Morgan fingerprint density at radius 1 is 0.458 bits per heavy atom. The molecule has 0 rings (SSSR count). The summed E-state index contributed by atoms with van der Waals surface area (Å²) in [5.74, 6) is -0.412. The Hall–Kier alpha value is -1.62. The Labute approximate surface area is 298 Å². The molecule has 1 unspecified atom stereocenters. The highest BCUT2D eigenvalue weighted by atomic mass is 16.6. The smallest absolute Gasteiger partial charge is 0.306 e. The van der Waals surface area contributed by atoms with E-state index >= 15 is 0 Å².